The Morgan fingerprint density at radius 2 is 2.09 bits per heavy atom. The summed E-state index contributed by atoms with van der Waals surface area (Å²) in [6.07, 6.45) is 1.53. The van der Waals surface area contributed by atoms with Crippen LogP contribution in [0.4, 0.5) is 5.82 Å². The quantitative estimate of drug-likeness (QED) is 0.740. The minimum Gasteiger partial charge on any atom is -0.365 e. The molecule has 2 heterocycles. The van der Waals surface area contributed by atoms with Gasteiger partial charge in [-0.25, -0.2) is 23.1 Å². The van der Waals surface area contributed by atoms with Crippen molar-refractivity contribution < 1.29 is 8.42 Å². The SMILES string of the molecule is CNS(=O)(=O)c1cccc(CNc2ncnc3scc(C)c23)c1. The first-order valence-corrected chi connectivity index (χ1v) is 9.32. The van der Waals surface area contributed by atoms with E-state index in [9.17, 15) is 8.42 Å². The highest BCUT2D eigenvalue weighted by molar-refractivity contribution is 7.89. The molecule has 6 nitrogen and oxygen atoms in total. The Hall–Kier alpha value is -2.03. The maximum atomic E-state index is 11.9. The van der Waals surface area contributed by atoms with E-state index in [0.29, 0.717) is 6.54 Å². The molecule has 3 aromatic rings. The van der Waals surface area contributed by atoms with Crippen molar-refractivity contribution >= 4 is 37.4 Å². The highest BCUT2D eigenvalue weighted by atomic mass is 32.2. The van der Waals surface area contributed by atoms with Crippen LogP contribution in [0.2, 0.25) is 0 Å². The summed E-state index contributed by atoms with van der Waals surface area (Å²) in [6.45, 7) is 2.50. The minimum absolute atomic E-state index is 0.249. The number of hydrogen-bond acceptors (Lipinski definition) is 6. The number of fused-ring (bicyclic) bond motifs is 1. The Kier molecular flexibility index (Phi) is 4.29. The second-order valence-electron chi connectivity index (χ2n) is 5.03. The molecule has 0 spiro atoms. The second-order valence-corrected chi connectivity index (χ2v) is 7.77. The number of nitrogens with one attached hydrogen (secondary N) is 2. The molecule has 0 aliphatic carbocycles. The molecule has 0 radical (unpaired) electrons. The monoisotopic (exact) mass is 348 g/mol. The Morgan fingerprint density at radius 1 is 1.26 bits per heavy atom. The predicted molar refractivity (Wildman–Crippen MR) is 92.2 cm³/mol. The summed E-state index contributed by atoms with van der Waals surface area (Å²) in [6, 6.07) is 6.83. The summed E-state index contributed by atoms with van der Waals surface area (Å²) in [5.41, 5.74) is 1.99. The molecule has 120 valence electrons. The molecule has 0 saturated carbocycles. The zero-order chi connectivity index (χ0) is 16.4. The van der Waals surface area contributed by atoms with Gasteiger partial charge in [0.1, 0.15) is 17.0 Å². The summed E-state index contributed by atoms with van der Waals surface area (Å²) in [7, 11) is -2.04. The zero-order valence-electron chi connectivity index (χ0n) is 12.7. The molecule has 23 heavy (non-hydrogen) atoms. The third-order valence-electron chi connectivity index (χ3n) is 3.49. The van der Waals surface area contributed by atoms with Crippen molar-refractivity contribution in [3.8, 4) is 0 Å². The lowest BCUT2D eigenvalue weighted by atomic mass is 10.2. The normalized spacial score (nSPS) is 11.7. The average Bonchev–Trinajstić information content (AvgIpc) is 2.95. The fourth-order valence-electron chi connectivity index (χ4n) is 2.28. The summed E-state index contributed by atoms with van der Waals surface area (Å²) >= 11 is 1.58. The molecule has 1 aromatic carbocycles. The van der Waals surface area contributed by atoms with Crippen molar-refractivity contribution in [2.45, 2.75) is 18.4 Å². The van der Waals surface area contributed by atoms with Crippen molar-refractivity contribution in [1.29, 1.82) is 0 Å². The minimum atomic E-state index is -3.44. The molecule has 2 N–H and O–H groups in total. The van der Waals surface area contributed by atoms with E-state index in [4.69, 9.17) is 0 Å². The molecular formula is C15H16N4O2S2. The van der Waals surface area contributed by atoms with Gasteiger partial charge in [-0.1, -0.05) is 12.1 Å². The smallest absolute Gasteiger partial charge is 0.240 e. The molecule has 0 aliphatic heterocycles. The van der Waals surface area contributed by atoms with Gasteiger partial charge in [0.25, 0.3) is 0 Å². The lowest BCUT2D eigenvalue weighted by Crippen LogP contribution is -2.18. The molecule has 8 heteroatoms. The predicted octanol–water partition coefficient (Wildman–Crippen LogP) is 2.52. The third kappa shape index (κ3) is 3.19. The number of benzene rings is 1. The third-order valence-corrected chi connectivity index (χ3v) is 5.91. The molecule has 0 atom stereocenters. The first-order chi connectivity index (χ1) is 11.0. The molecule has 3 rings (SSSR count). The maximum absolute atomic E-state index is 11.9. The Balaban J connectivity index is 1.86. The van der Waals surface area contributed by atoms with Crippen LogP contribution in [-0.2, 0) is 16.6 Å². The van der Waals surface area contributed by atoms with Crippen LogP contribution in [0.25, 0.3) is 10.2 Å². The topological polar surface area (TPSA) is 84.0 Å². The Labute approximate surface area is 138 Å². The van der Waals surface area contributed by atoms with Gasteiger partial charge in [-0.3, -0.25) is 0 Å². The van der Waals surface area contributed by atoms with Crippen LogP contribution in [0.15, 0.2) is 40.9 Å². The lowest BCUT2D eigenvalue weighted by molar-refractivity contribution is 0.588. The van der Waals surface area contributed by atoms with Gasteiger partial charge in [0.15, 0.2) is 0 Å². The number of nitrogens with zero attached hydrogens (tertiary/aromatic N) is 2. The van der Waals surface area contributed by atoms with Crippen molar-refractivity contribution in [2.24, 2.45) is 0 Å². The van der Waals surface area contributed by atoms with Gasteiger partial charge in [0, 0.05) is 6.54 Å². The van der Waals surface area contributed by atoms with E-state index in [1.54, 1.807) is 29.5 Å². The highest BCUT2D eigenvalue weighted by Crippen LogP contribution is 2.28. The van der Waals surface area contributed by atoms with Crippen molar-refractivity contribution in [3.63, 3.8) is 0 Å². The molecule has 2 aromatic heterocycles. The van der Waals surface area contributed by atoms with Crippen LogP contribution in [0.3, 0.4) is 0 Å². The van der Waals surface area contributed by atoms with Crippen LogP contribution in [-0.4, -0.2) is 25.4 Å². The highest BCUT2D eigenvalue weighted by Gasteiger charge is 2.12. The lowest BCUT2D eigenvalue weighted by Gasteiger charge is -2.09. The van der Waals surface area contributed by atoms with Gasteiger partial charge in [0.05, 0.1) is 10.3 Å². The second kappa shape index (κ2) is 6.23. The summed E-state index contributed by atoms with van der Waals surface area (Å²) in [5.74, 6) is 0.760. The number of anilines is 1. The van der Waals surface area contributed by atoms with Crippen LogP contribution >= 0.6 is 11.3 Å². The van der Waals surface area contributed by atoms with E-state index < -0.39 is 10.0 Å². The number of rotatable bonds is 5. The molecule has 0 fully saturated rings. The number of aryl methyl sites for hydroxylation is 1. The maximum Gasteiger partial charge on any atom is 0.240 e. The van der Waals surface area contributed by atoms with Gasteiger partial charge in [-0.15, -0.1) is 11.3 Å². The fraction of sp³-hybridized carbons (Fsp3) is 0.200. The van der Waals surface area contributed by atoms with E-state index in [1.165, 1.54) is 13.4 Å². The molecule has 0 aliphatic rings. The van der Waals surface area contributed by atoms with Gasteiger partial charge in [0.2, 0.25) is 10.0 Å². The van der Waals surface area contributed by atoms with E-state index in [-0.39, 0.29) is 4.90 Å². The molecular weight excluding hydrogens is 332 g/mol. The number of hydrogen-bond donors (Lipinski definition) is 2. The van der Waals surface area contributed by atoms with Gasteiger partial charge in [-0.05, 0) is 42.6 Å². The zero-order valence-corrected chi connectivity index (χ0v) is 14.3. The van der Waals surface area contributed by atoms with Gasteiger partial charge < -0.3 is 5.32 Å². The number of sulfonamides is 1. The summed E-state index contributed by atoms with van der Waals surface area (Å²) < 4.78 is 26.0. The Bertz CT molecular complexity index is 951. The van der Waals surface area contributed by atoms with Crippen molar-refractivity contribution in [2.75, 3.05) is 12.4 Å². The van der Waals surface area contributed by atoms with E-state index in [0.717, 1.165) is 27.2 Å². The van der Waals surface area contributed by atoms with Gasteiger partial charge >= 0.3 is 0 Å². The molecule has 0 saturated heterocycles. The fourth-order valence-corrected chi connectivity index (χ4v) is 3.97. The first-order valence-electron chi connectivity index (χ1n) is 6.96. The Morgan fingerprint density at radius 3 is 2.87 bits per heavy atom. The number of aromatic nitrogens is 2. The summed E-state index contributed by atoms with van der Waals surface area (Å²) in [5, 5.41) is 6.32. The van der Waals surface area contributed by atoms with Gasteiger partial charge in [-0.2, -0.15) is 0 Å². The molecule has 0 unspecified atom stereocenters. The van der Waals surface area contributed by atoms with Crippen molar-refractivity contribution in [3.05, 3.63) is 47.1 Å². The van der Waals surface area contributed by atoms with E-state index in [1.807, 2.05) is 18.4 Å². The summed E-state index contributed by atoms with van der Waals surface area (Å²) in [4.78, 5) is 9.74. The first kappa shape index (κ1) is 15.9. The van der Waals surface area contributed by atoms with Crippen LogP contribution in [0, 0.1) is 6.92 Å². The average molecular weight is 348 g/mol. The largest absolute Gasteiger partial charge is 0.365 e. The molecule has 0 bridgehead atoms. The number of thiophene rings is 1. The van der Waals surface area contributed by atoms with Crippen LogP contribution < -0.4 is 10.0 Å². The molecule has 0 amide bonds. The van der Waals surface area contributed by atoms with E-state index in [2.05, 4.69) is 20.0 Å². The van der Waals surface area contributed by atoms with Crippen molar-refractivity contribution in [1.82, 2.24) is 14.7 Å². The van der Waals surface area contributed by atoms with Crippen LogP contribution in [0.1, 0.15) is 11.1 Å². The van der Waals surface area contributed by atoms with E-state index >= 15 is 0 Å². The standard InChI is InChI=1S/C15H16N4O2S2/c1-10-8-22-15-13(10)14(18-9-19-15)17-7-11-4-3-5-12(6-11)23(20,21)16-2/h3-6,8-9,16H,7H2,1-2H3,(H,17,18,19). The van der Waals surface area contributed by atoms with Crippen LogP contribution in [0.5, 0.6) is 0 Å².